The molecule has 2 aliphatic rings. The number of carbonyl (C=O) groups excluding carboxylic acids is 4. The molecule has 30 heavy (non-hydrogen) atoms. The highest BCUT2D eigenvalue weighted by Crippen LogP contribution is 2.28. The first-order chi connectivity index (χ1) is 13.9. The molecular formula is C21H35N3O6. The normalized spacial score (nSPS) is 25.5. The highest BCUT2D eigenvalue weighted by molar-refractivity contribution is 5.93. The van der Waals surface area contributed by atoms with E-state index in [-0.39, 0.29) is 17.7 Å². The number of ether oxygens (including phenoxy) is 2. The molecule has 0 spiro atoms. The van der Waals surface area contributed by atoms with Crippen LogP contribution in [0.2, 0.25) is 0 Å². The van der Waals surface area contributed by atoms with Gasteiger partial charge in [0.25, 0.3) is 0 Å². The first-order valence-corrected chi connectivity index (χ1v) is 10.6. The molecule has 0 bridgehead atoms. The van der Waals surface area contributed by atoms with Crippen molar-refractivity contribution in [1.29, 1.82) is 0 Å². The van der Waals surface area contributed by atoms with Crippen LogP contribution in [0.4, 0.5) is 4.79 Å². The molecule has 1 N–H and O–H groups in total. The van der Waals surface area contributed by atoms with Crippen LogP contribution in [0.1, 0.15) is 60.3 Å². The summed E-state index contributed by atoms with van der Waals surface area (Å²) in [5.74, 6) is -0.897. The van der Waals surface area contributed by atoms with Gasteiger partial charge >= 0.3 is 12.1 Å². The van der Waals surface area contributed by atoms with Gasteiger partial charge in [-0.15, -0.1) is 0 Å². The summed E-state index contributed by atoms with van der Waals surface area (Å²) in [5.41, 5.74) is -0.653. The molecule has 0 aliphatic carbocycles. The third kappa shape index (κ3) is 5.86. The minimum absolute atomic E-state index is 0.240. The van der Waals surface area contributed by atoms with Gasteiger partial charge in [0, 0.05) is 13.1 Å². The summed E-state index contributed by atoms with van der Waals surface area (Å²) >= 11 is 0. The highest BCUT2D eigenvalue weighted by Gasteiger charge is 2.43. The van der Waals surface area contributed by atoms with E-state index in [9.17, 15) is 19.2 Å². The number of piperidine rings is 1. The zero-order valence-corrected chi connectivity index (χ0v) is 18.9. The average molecular weight is 426 g/mol. The zero-order chi connectivity index (χ0) is 22.6. The van der Waals surface area contributed by atoms with Crippen LogP contribution in [0.25, 0.3) is 0 Å². The van der Waals surface area contributed by atoms with Gasteiger partial charge in [-0.25, -0.2) is 9.59 Å². The van der Waals surface area contributed by atoms with Crippen LogP contribution in [-0.4, -0.2) is 77.6 Å². The Hall–Kier alpha value is -2.32. The van der Waals surface area contributed by atoms with Crippen LogP contribution in [0.5, 0.6) is 0 Å². The van der Waals surface area contributed by atoms with E-state index in [1.54, 1.807) is 32.6 Å². The van der Waals surface area contributed by atoms with Gasteiger partial charge in [0.1, 0.15) is 23.7 Å². The number of rotatable bonds is 4. The third-order valence-corrected chi connectivity index (χ3v) is 5.53. The molecule has 9 heteroatoms. The summed E-state index contributed by atoms with van der Waals surface area (Å²) in [5, 5.41) is 2.65. The van der Waals surface area contributed by atoms with Gasteiger partial charge in [0.2, 0.25) is 11.8 Å². The third-order valence-electron chi connectivity index (χ3n) is 5.53. The number of carbonyl (C=O) groups is 4. The standard InChI is InChI=1S/C21H35N3O6/c1-13-9-11-23(16(12-13)17(25)22-14(2)19(27)29-6)18(26)15-8-7-10-24(15)20(28)30-21(3,4)5/h13-16H,7-12H2,1-6H3,(H,22,25)/t13?,14-,15-,16?/m0/s1. The van der Waals surface area contributed by atoms with Gasteiger partial charge in [-0.05, 0) is 59.3 Å². The van der Waals surface area contributed by atoms with Crippen molar-refractivity contribution in [3.8, 4) is 0 Å². The van der Waals surface area contributed by atoms with E-state index >= 15 is 0 Å². The van der Waals surface area contributed by atoms with Gasteiger partial charge in [0.05, 0.1) is 7.11 Å². The van der Waals surface area contributed by atoms with Crippen LogP contribution in [0.3, 0.4) is 0 Å². The Kier molecular flexibility index (Phi) is 7.71. The summed E-state index contributed by atoms with van der Waals surface area (Å²) in [6.45, 7) is 9.82. The van der Waals surface area contributed by atoms with Crippen molar-refractivity contribution in [2.24, 2.45) is 5.92 Å². The van der Waals surface area contributed by atoms with Gasteiger partial charge in [-0.2, -0.15) is 0 Å². The van der Waals surface area contributed by atoms with Crippen LogP contribution >= 0.6 is 0 Å². The molecule has 0 aromatic carbocycles. The van der Waals surface area contributed by atoms with Crippen molar-refractivity contribution in [3.05, 3.63) is 0 Å². The fourth-order valence-corrected chi connectivity index (χ4v) is 3.95. The first kappa shape index (κ1) is 24.0. The summed E-state index contributed by atoms with van der Waals surface area (Å²) in [6, 6.07) is -2.13. The van der Waals surface area contributed by atoms with Crippen LogP contribution in [-0.2, 0) is 23.9 Å². The average Bonchev–Trinajstić information content (AvgIpc) is 3.15. The van der Waals surface area contributed by atoms with Crippen LogP contribution in [0.15, 0.2) is 0 Å². The van der Waals surface area contributed by atoms with Gasteiger partial charge in [-0.3, -0.25) is 14.5 Å². The molecule has 3 amide bonds. The Morgan fingerprint density at radius 1 is 1.03 bits per heavy atom. The number of hydrogen-bond acceptors (Lipinski definition) is 6. The summed E-state index contributed by atoms with van der Waals surface area (Å²) in [4.78, 5) is 53.6. The lowest BCUT2D eigenvalue weighted by molar-refractivity contribution is -0.149. The Morgan fingerprint density at radius 3 is 2.30 bits per heavy atom. The lowest BCUT2D eigenvalue weighted by atomic mass is 9.91. The first-order valence-electron chi connectivity index (χ1n) is 10.6. The second-order valence-electron chi connectivity index (χ2n) is 9.26. The van der Waals surface area contributed by atoms with Crippen molar-refractivity contribution in [1.82, 2.24) is 15.1 Å². The minimum atomic E-state index is -0.804. The molecule has 2 aliphatic heterocycles. The summed E-state index contributed by atoms with van der Waals surface area (Å²) < 4.78 is 10.1. The molecule has 170 valence electrons. The lowest BCUT2D eigenvalue weighted by Gasteiger charge is -2.40. The van der Waals surface area contributed by atoms with Crippen molar-refractivity contribution in [2.45, 2.75) is 84.0 Å². The number of esters is 1. The van der Waals surface area contributed by atoms with Gasteiger partial charge in [0.15, 0.2) is 0 Å². The lowest BCUT2D eigenvalue weighted by Crippen LogP contribution is -2.59. The molecular weight excluding hydrogens is 390 g/mol. The fourth-order valence-electron chi connectivity index (χ4n) is 3.95. The number of hydrogen-bond donors (Lipinski definition) is 1. The summed E-state index contributed by atoms with van der Waals surface area (Å²) in [6.07, 6.45) is 2.02. The van der Waals surface area contributed by atoms with Crippen molar-refractivity contribution in [2.75, 3.05) is 20.2 Å². The Labute approximate surface area is 178 Å². The van der Waals surface area contributed by atoms with Crippen molar-refractivity contribution >= 4 is 23.9 Å². The minimum Gasteiger partial charge on any atom is -0.467 e. The molecule has 4 atom stereocenters. The van der Waals surface area contributed by atoms with E-state index in [0.717, 1.165) is 6.42 Å². The molecule has 0 aromatic heterocycles. The largest absolute Gasteiger partial charge is 0.467 e. The second-order valence-corrected chi connectivity index (χ2v) is 9.26. The summed E-state index contributed by atoms with van der Waals surface area (Å²) in [7, 11) is 1.26. The maximum absolute atomic E-state index is 13.4. The van der Waals surface area contributed by atoms with Crippen molar-refractivity contribution in [3.63, 3.8) is 0 Å². The predicted octanol–water partition coefficient (Wildman–Crippen LogP) is 1.69. The molecule has 2 saturated heterocycles. The van der Waals surface area contributed by atoms with E-state index < -0.39 is 35.8 Å². The van der Waals surface area contributed by atoms with Gasteiger partial charge < -0.3 is 19.7 Å². The van der Waals surface area contributed by atoms with E-state index in [0.29, 0.717) is 32.4 Å². The maximum atomic E-state index is 13.4. The Morgan fingerprint density at radius 2 is 1.70 bits per heavy atom. The predicted molar refractivity (Wildman–Crippen MR) is 109 cm³/mol. The smallest absolute Gasteiger partial charge is 0.410 e. The van der Waals surface area contributed by atoms with E-state index in [1.165, 1.54) is 12.0 Å². The quantitative estimate of drug-likeness (QED) is 0.687. The number of likely N-dealkylation sites (tertiary alicyclic amines) is 2. The molecule has 2 fully saturated rings. The Balaban J connectivity index is 2.15. The van der Waals surface area contributed by atoms with E-state index in [2.05, 4.69) is 10.1 Å². The SMILES string of the molecule is COC(=O)[C@H](C)NC(=O)C1CC(C)CCN1C(=O)[C@@H]1CCCN1C(=O)OC(C)(C)C. The molecule has 0 aromatic rings. The van der Waals surface area contributed by atoms with Gasteiger partial charge in [-0.1, -0.05) is 6.92 Å². The molecule has 0 radical (unpaired) electrons. The Bertz CT molecular complexity index is 674. The molecule has 9 nitrogen and oxygen atoms in total. The van der Waals surface area contributed by atoms with Crippen LogP contribution < -0.4 is 5.32 Å². The number of methoxy groups -OCH3 is 1. The topological polar surface area (TPSA) is 105 Å². The molecule has 2 unspecified atom stereocenters. The highest BCUT2D eigenvalue weighted by atomic mass is 16.6. The number of amides is 3. The monoisotopic (exact) mass is 425 g/mol. The van der Waals surface area contributed by atoms with E-state index in [1.807, 2.05) is 6.92 Å². The van der Waals surface area contributed by atoms with E-state index in [4.69, 9.17) is 4.74 Å². The molecule has 0 saturated carbocycles. The van der Waals surface area contributed by atoms with Crippen molar-refractivity contribution < 1.29 is 28.7 Å². The van der Waals surface area contributed by atoms with Crippen LogP contribution in [0, 0.1) is 5.92 Å². The number of nitrogens with one attached hydrogen (secondary N) is 1. The molecule has 2 rings (SSSR count). The zero-order valence-electron chi connectivity index (χ0n) is 18.9. The fraction of sp³-hybridized carbons (Fsp3) is 0.810. The molecule has 2 heterocycles. The maximum Gasteiger partial charge on any atom is 0.410 e. The number of nitrogens with zero attached hydrogens (tertiary/aromatic N) is 2. The second kappa shape index (κ2) is 9.66.